The predicted octanol–water partition coefficient (Wildman–Crippen LogP) is 3.55. The summed E-state index contributed by atoms with van der Waals surface area (Å²) in [4.78, 5) is 23.3. The van der Waals surface area contributed by atoms with Crippen molar-refractivity contribution in [2.75, 3.05) is 0 Å². The van der Waals surface area contributed by atoms with E-state index in [9.17, 15) is 28.6 Å². The van der Waals surface area contributed by atoms with E-state index >= 15 is 0 Å². The Morgan fingerprint density at radius 1 is 1.22 bits per heavy atom. The molecule has 2 aliphatic carbocycles. The van der Waals surface area contributed by atoms with Crippen LogP contribution in [-0.2, 0) is 9.59 Å². The molecule has 0 spiro atoms. The summed E-state index contributed by atoms with van der Waals surface area (Å²) in [6, 6.07) is 0. The number of ketones is 1. The first-order valence-electron chi connectivity index (χ1n) is 10.2. The fourth-order valence-electron chi connectivity index (χ4n) is 4.90. The number of Topliss-reactive ketones (excluding diaryl/α,β-unsaturated/α-hetero) is 1. The van der Waals surface area contributed by atoms with Gasteiger partial charge >= 0.3 is 5.97 Å². The van der Waals surface area contributed by atoms with Gasteiger partial charge in [0.1, 0.15) is 11.4 Å². The number of alkyl halides is 2. The summed E-state index contributed by atoms with van der Waals surface area (Å²) in [6.45, 7) is 1.79. The highest BCUT2D eigenvalue weighted by Gasteiger charge is 2.68. The Balaban J connectivity index is 1.98. The van der Waals surface area contributed by atoms with Crippen LogP contribution in [-0.4, -0.2) is 44.7 Å². The molecule has 0 aromatic carbocycles. The van der Waals surface area contributed by atoms with Crippen molar-refractivity contribution in [1.82, 2.24) is 0 Å². The minimum Gasteiger partial charge on any atom is -0.481 e. The van der Waals surface area contributed by atoms with Gasteiger partial charge in [0.15, 0.2) is 0 Å². The second-order valence-corrected chi connectivity index (χ2v) is 8.26. The summed E-state index contributed by atoms with van der Waals surface area (Å²) in [5.74, 6) is -6.89. The number of aliphatic hydroxyl groups is 2. The van der Waals surface area contributed by atoms with Crippen LogP contribution in [0.2, 0.25) is 0 Å². The fourth-order valence-corrected chi connectivity index (χ4v) is 4.90. The molecule has 0 amide bonds. The average Bonchev–Trinajstić information content (AvgIpc) is 2.76. The lowest BCUT2D eigenvalue weighted by Gasteiger charge is -2.44. The number of unbranched alkanes of at least 4 members (excludes halogenated alkanes) is 4. The number of halogens is 2. The Morgan fingerprint density at radius 2 is 1.89 bits per heavy atom. The van der Waals surface area contributed by atoms with Crippen LogP contribution in [0.25, 0.3) is 0 Å². The summed E-state index contributed by atoms with van der Waals surface area (Å²) in [5.41, 5.74) is -2.45. The lowest BCUT2D eigenvalue weighted by Crippen LogP contribution is -2.60. The van der Waals surface area contributed by atoms with Gasteiger partial charge in [-0.05, 0) is 38.0 Å². The van der Waals surface area contributed by atoms with E-state index in [-0.39, 0.29) is 31.6 Å². The molecule has 5 nitrogen and oxygen atoms in total. The largest absolute Gasteiger partial charge is 0.481 e. The molecule has 0 aliphatic heterocycles. The maximum atomic E-state index is 14.7. The molecule has 2 rings (SSSR count). The van der Waals surface area contributed by atoms with Gasteiger partial charge in [-0.25, -0.2) is 8.78 Å². The number of carboxylic acids is 1. The molecule has 5 atom stereocenters. The summed E-state index contributed by atoms with van der Waals surface area (Å²) < 4.78 is 29.4. The number of hydrogen-bond acceptors (Lipinski definition) is 4. The van der Waals surface area contributed by atoms with E-state index in [2.05, 4.69) is 0 Å². The summed E-state index contributed by atoms with van der Waals surface area (Å²) in [6.07, 6.45) is 2.60. The van der Waals surface area contributed by atoms with Crippen molar-refractivity contribution in [2.45, 2.75) is 95.2 Å². The van der Waals surface area contributed by atoms with E-state index in [4.69, 9.17) is 5.11 Å². The zero-order chi connectivity index (χ0) is 20.2. The Labute approximate surface area is 159 Å². The van der Waals surface area contributed by atoms with Crippen molar-refractivity contribution in [3.63, 3.8) is 0 Å². The van der Waals surface area contributed by atoms with Crippen molar-refractivity contribution in [3.8, 4) is 0 Å². The van der Waals surface area contributed by atoms with Crippen LogP contribution >= 0.6 is 0 Å². The summed E-state index contributed by atoms with van der Waals surface area (Å²) in [7, 11) is 0. The maximum absolute atomic E-state index is 14.7. The second-order valence-electron chi connectivity index (χ2n) is 8.26. The lowest BCUT2D eigenvalue weighted by molar-refractivity contribution is -0.236. The topological polar surface area (TPSA) is 94.8 Å². The third-order valence-corrected chi connectivity index (χ3v) is 6.48. The lowest BCUT2D eigenvalue weighted by atomic mass is 9.69. The Kier molecular flexibility index (Phi) is 7.36. The van der Waals surface area contributed by atoms with Gasteiger partial charge in [-0.3, -0.25) is 9.59 Å². The molecular weight excluding hydrogens is 358 g/mol. The molecule has 156 valence electrons. The number of rotatable bonds is 11. The molecule has 0 aromatic rings. The molecule has 0 heterocycles. The van der Waals surface area contributed by atoms with E-state index in [0.717, 1.165) is 12.8 Å². The molecular formula is C20H32F2O5. The molecule has 3 N–H and O–H groups in total. The van der Waals surface area contributed by atoms with Gasteiger partial charge in [-0.1, -0.05) is 32.6 Å². The first kappa shape index (κ1) is 22.2. The molecule has 2 aliphatic rings. The van der Waals surface area contributed by atoms with Crippen molar-refractivity contribution < 1.29 is 33.7 Å². The Hall–Kier alpha value is -1.08. The summed E-state index contributed by atoms with van der Waals surface area (Å²) in [5, 5.41) is 29.9. The number of carbonyl (C=O) groups excluding carboxylic acids is 1. The minimum atomic E-state index is -3.39. The zero-order valence-corrected chi connectivity index (χ0v) is 16.0. The molecule has 0 radical (unpaired) electrons. The van der Waals surface area contributed by atoms with Gasteiger partial charge in [-0.15, -0.1) is 0 Å². The highest BCUT2D eigenvalue weighted by atomic mass is 19.3. The Morgan fingerprint density at radius 3 is 2.52 bits per heavy atom. The molecule has 0 unspecified atom stereocenters. The number of carboxylic acid groups (broad SMARTS) is 1. The number of fused-ring (bicyclic) bond motifs is 2. The molecule has 2 saturated carbocycles. The standard InChI is InChI=1S/C20H32F2O5/c1-2-3-11-20(21,22)19(27)12-10-14-13(17(25)16(19)18(14)26)8-6-4-5-7-9-15(23)24/h13-14,16,18,26-27H,2-12H2,1H3,(H,23,24)/t13-,14-,16+,18+,19-/m1/s1. The highest BCUT2D eigenvalue weighted by Crippen LogP contribution is 2.55. The molecule has 2 bridgehead atoms. The van der Waals surface area contributed by atoms with Crippen LogP contribution in [0.3, 0.4) is 0 Å². The van der Waals surface area contributed by atoms with Gasteiger partial charge < -0.3 is 15.3 Å². The van der Waals surface area contributed by atoms with Gasteiger partial charge in [0.25, 0.3) is 5.92 Å². The molecule has 0 aromatic heterocycles. The smallest absolute Gasteiger partial charge is 0.303 e. The molecule has 27 heavy (non-hydrogen) atoms. The number of carbonyl (C=O) groups is 2. The third-order valence-electron chi connectivity index (χ3n) is 6.48. The van der Waals surface area contributed by atoms with E-state index < -0.39 is 47.6 Å². The fraction of sp³-hybridized carbons (Fsp3) is 0.900. The summed E-state index contributed by atoms with van der Waals surface area (Å²) >= 11 is 0. The minimum absolute atomic E-state index is 0.117. The highest BCUT2D eigenvalue weighted by molar-refractivity contribution is 5.88. The SMILES string of the molecule is CCCCC(F)(F)[C@@]1(O)CC[C@H]2[C@H](O)[C@@H]1C(=O)[C@@H]2CCCCCCC(=O)O. The van der Waals surface area contributed by atoms with Gasteiger partial charge in [0, 0.05) is 18.8 Å². The molecule has 2 fully saturated rings. The van der Waals surface area contributed by atoms with Gasteiger partial charge in [0.05, 0.1) is 12.0 Å². The first-order valence-corrected chi connectivity index (χ1v) is 10.2. The molecule has 7 heteroatoms. The van der Waals surface area contributed by atoms with Crippen LogP contribution < -0.4 is 0 Å². The van der Waals surface area contributed by atoms with Crippen molar-refractivity contribution >= 4 is 11.8 Å². The van der Waals surface area contributed by atoms with Crippen LogP contribution in [0.1, 0.15) is 77.6 Å². The number of hydrogen-bond donors (Lipinski definition) is 3. The monoisotopic (exact) mass is 390 g/mol. The average molecular weight is 390 g/mol. The number of aliphatic hydroxyl groups excluding tert-OH is 1. The van der Waals surface area contributed by atoms with Crippen LogP contribution in [0.15, 0.2) is 0 Å². The van der Waals surface area contributed by atoms with Crippen LogP contribution in [0.4, 0.5) is 8.78 Å². The second kappa shape index (κ2) is 8.95. The zero-order valence-electron chi connectivity index (χ0n) is 16.0. The van der Waals surface area contributed by atoms with Gasteiger partial charge in [-0.2, -0.15) is 0 Å². The predicted molar refractivity (Wildman–Crippen MR) is 95.5 cm³/mol. The maximum Gasteiger partial charge on any atom is 0.303 e. The van der Waals surface area contributed by atoms with Crippen molar-refractivity contribution in [2.24, 2.45) is 17.8 Å². The quantitative estimate of drug-likeness (QED) is 0.469. The van der Waals surface area contributed by atoms with Crippen LogP contribution in [0, 0.1) is 17.8 Å². The van der Waals surface area contributed by atoms with E-state index in [1.165, 1.54) is 0 Å². The van der Waals surface area contributed by atoms with Crippen molar-refractivity contribution in [1.29, 1.82) is 0 Å². The Bertz CT molecular complexity index is 538. The van der Waals surface area contributed by atoms with Gasteiger partial charge in [0.2, 0.25) is 0 Å². The van der Waals surface area contributed by atoms with E-state index in [1.54, 1.807) is 6.92 Å². The van der Waals surface area contributed by atoms with Crippen molar-refractivity contribution in [3.05, 3.63) is 0 Å². The number of aliphatic carboxylic acids is 1. The van der Waals surface area contributed by atoms with E-state index in [1.807, 2.05) is 0 Å². The first-order chi connectivity index (χ1) is 12.7. The normalized spacial score (nSPS) is 33.4. The molecule has 0 saturated heterocycles. The van der Waals surface area contributed by atoms with E-state index in [0.29, 0.717) is 25.7 Å². The third kappa shape index (κ3) is 4.50. The van der Waals surface area contributed by atoms with Crippen LogP contribution in [0.5, 0.6) is 0 Å².